The van der Waals surface area contributed by atoms with E-state index < -0.39 is 0 Å². The normalized spacial score (nSPS) is 10.8. The topological polar surface area (TPSA) is 40.7 Å². The maximum Gasteiger partial charge on any atom is 0.123 e. The number of nitrogens with zero attached hydrogens (tertiary/aromatic N) is 1. The van der Waals surface area contributed by atoms with Crippen LogP contribution in [0.2, 0.25) is 0 Å². The molecule has 0 atom stereocenters. The Balaban J connectivity index is 2.27. The van der Waals surface area contributed by atoms with E-state index in [1.165, 1.54) is 12.1 Å². The Morgan fingerprint density at radius 2 is 2.00 bits per heavy atom. The number of H-pyrrole nitrogens is 1. The second-order valence-electron chi connectivity index (χ2n) is 4.04. The van der Waals surface area contributed by atoms with Crippen LogP contribution in [0, 0.1) is 12.7 Å². The van der Waals surface area contributed by atoms with E-state index in [-0.39, 0.29) is 5.82 Å². The monoisotopic (exact) mass is 233 g/mol. The molecule has 2 aromatic rings. The molecule has 1 aromatic heterocycles. The van der Waals surface area contributed by atoms with Crippen molar-refractivity contribution >= 4 is 0 Å². The SMILES string of the molecule is CNCCc1[nH]nc(-c2ccc(F)cc2)c1C. The lowest BCUT2D eigenvalue weighted by Crippen LogP contribution is -2.11. The third kappa shape index (κ3) is 2.53. The fourth-order valence-electron chi connectivity index (χ4n) is 1.82. The number of rotatable bonds is 4. The van der Waals surface area contributed by atoms with Gasteiger partial charge in [0.1, 0.15) is 5.82 Å². The van der Waals surface area contributed by atoms with Crippen molar-refractivity contribution in [1.82, 2.24) is 15.5 Å². The summed E-state index contributed by atoms with van der Waals surface area (Å²) in [6.07, 6.45) is 0.913. The van der Waals surface area contributed by atoms with E-state index in [0.717, 1.165) is 35.5 Å². The first-order valence-electron chi connectivity index (χ1n) is 5.66. The molecule has 2 N–H and O–H groups in total. The average molecular weight is 233 g/mol. The van der Waals surface area contributed by atoms with Crippen molar-refractivity contribution in [3.63, 3.8) is 0 Å². The van der Waals surface area contributed by atoms with Crippen molar-refractivity contribution in [2.75, 3.05) is 13.6 Å². The second kappa shape index (κ2) is 5.10. The summed E-state index contributed by atoms with van der Waals surface area (Å²) < 4.78 is 12.8. The van der Waals surface area contributed by atoms with Gasteiger partial charge < -0.3 is 5.32 Å². The van der Waals surface area contributed by atoms with Crippen LogP contribution >= 0.6 is 0 Å². The maximum absolute atomic E-state index is 12.8. The predicted octanol–water partition coefficient (Wildman–Crippen LogP) is 2.29. The van der Waals surface area contributed by atoms with Crippen LogP contribution in [0.5, 0.6) is 0 Å². The fourth-order valence-corrected chi connectivity index (χ4v) is 1.82. The highest BCUT2D eigenvalue weighted by atomic mass is 19.1. The molecular formula is C13H16FN3. The molecule has 2 rings (SSSR count). The molecule has 0 aliphatic rings. The van der Waals surface area contributed by atoms with Gasteiger partial charge in [0, 0.05) is 24.2 Å². The van der Waals surface area contributed by atoms with Crippen molar-refractivity contribution in [1.29, 1.82) is 0 Å². The fraction of sp³-hybridized carbons (Fsp3) is 0.308. The van der Waals surface area contributed by atoms with Crippen LogP contribution in [0.4, 0.5) is 4.39 Å². The van der Waals surface area contributed by atoms with Crippen molar-refractivity contribution in [2.45, 2.75) is 13.3 Å². The highest BCUT2D eigenvalue weighted by Gasteiger charge is 2.10. The number of aromatic nitrogens is 2. The van der Waals surface area contributed by atoms with E-state index in [4.69, 9.17) is 0 Å². The van der Waals surface area contributed by atoms with Gasteiger partial charge in [-0.05, 0) is 43.8 Å². The molecular weight excluding hydrogens is 217 g/mol. The molecule has 90 valence electrons. The summed E-state index contributed by atoms with van der Waals surface area (Å²) in [6, 6.07) is 6.41. The van der Waals surface area contributed by atoms with Crippen LogP contribution in [0.15, 0.2) is 24.3 Å². The van der Waals surface area contributed by atoms with Gasteiger partial charge in [-0.15, -0.1) is 0 Å². The quantitative estimate of drug-likeness (QED) is 0.850. The van der Waals surface area contributed by atoms with Gasteiger partial charge in [-0.2, -0.15) is 5.10 Å². The predicted molar refractivity (Wildman–Crippen MR) is 66.3 cm³/mol. The first-order chi connectivity index (χ1) is 8.22. The van der Waals surface area contributed by atoms with Gasteiger partial charge in [-0.3, -0.25) is 5.10 Å². The Bertz CT molecular complexity index is 488. The molecule has 17 heavy (non-hydrogen) atoms. The third-order valence-corrected chi connectivity index (χ3v) is 2.85. The zero-order valence-corrected chi connectivity index (χ0v) is 10.0. The highest BCUT2D eigenvalue weighted by Crippen LogP contribution is 2.23. The van der Waals surface area contributed by atoms with Gasteiger partial charge in [0.25, 0.3) is 0 Å². The highest BCUT2D eigenvalue weighted by molar-refractivity contribution is 5.63. The Morgan fingerprint density at radius 3 is 2.65 bits per heavy atom. The number of hydrogen-bond donors (Lipinski definition) is 2. The van der Waals surface area contributed by atoms with E-state index in [0.29, 0.717) is 0 Å². The summed E-state index contributed by atoms with van der Waals surface area (Å²) in [5.74, 6) is -0.225. The van der Waals surface area contributed by atoms with Crippen molar-refractivity contribution in [3.05, 3.63) is 41.3 Å². The molecule has 1 aromatic carbocycles. The number of benzene rings is 1. The zero-order chi connectivity index (χ0) is 12.3. The summed E-state index contributed by atoms with van der Waals surface area (Å²) in [6.45, 7) is 2.94. The van der Waals surface area contributed by atoms with E-state index >= 15 is 0 Å². The third-order valence-electron chi connectivity index (χ3n) is 2.85. The Labute approximate surface area is 100 Å². The van der Waals surface area contributed by atoms with Crippen LogP contribution < -0.4 is 5.32 Å². The van der Waals surface area contributed by atoms with E-state index in [1.54, 1.807) is 12.1 Å². The van der Waals surface area contributed by atoms with Gasteiger partial charge in [0.2, 0.25) is 0 Å². The van der Waals surface area contributed by atoms with E-state index in [9.17, 15) is 4.39 Å². The molecule has 0 amide bonds. The second-order valence-corrected chi connectivity index (χ2v) is 4.04. The van der Waals surface area contributed by atoms with Crippen molar-refractivity contribution in [3.8, 4) is 11.3 Å². The summed E-state index contributed by atoms with van der Waals surface area (Å²) in [7, 11) is 1.92. The summed E-state index contributed by atoms with van der Waals surface area (Å²) in [4.78, 5) is 0. The van der Waals surface area contributed by atoms with Crippen molar-refractivity contribution < 1.29 is 4.39 Å². The number of halogens is 1. The molecule has 0 bridgehead atoms. The van der Waals surface area contributed by atoms with Crippen LogP contribution in [0.25, 0.3) is 11.3 Å². The molecule has 0 saturated carbocycles. The van der Waals surface area contributed by atoms with Gasteiger partial charge >= 0.3 is 0 Å². The molecule has 3 nitrogen and oxygen atoms in total. The maximum atomic E-state index is 12.8. The van der Waals surface area contributed by atoms with Crippen LogP contribution in [0.1, 0.15) is 11.3 Å². The van der Waals surface area contributed by atoms with E-state index in [1.807, 2.05) is 14.0 Å². The lowest BCUT2D eigenvalue weighted by atomic mass is 10.1. The first kappa shape index (κ1) is 11.8. The summed E-state index contributed by atoms with van der Waals surface area (Å²) in [5.41, 5.74) is 4.09. The smallest absolute Gasteiger partial charge is 0.123 e. The molecule has 0 aliphatic carbocycles. The minimum Gasteiger partial charge on any atom is -0.319 e. The van der Waals surface area contributed by atoms with Crippen molar-refractivity contribution in [2.24, 2.45) is 0 Å². The zero-order valence-electron chi connectivity index (χ0n) is 10.0. The van der Waals surface area contributed by atoms with Crippen LogP contribution in [0.3, 0.4) is 0 Å². The lowest BCUT2D eigenvalue weighted by Gasteiger charge is -2.00. The number of aromatic amines is 1. The largest absolute Gasteiger partial charge is 0.319 e. The summed E-state index contributed by atoms with van der Waals surface area (Å²) >= 11 is 0. The molecule has 0 unspecified atom stereocenters. The Hall–Kier alpha value is -1.68. The van der Waals surface area contributed by atoms with Gasteiger partial charge in [-0.25, -0.2) is 4.39 Å². The molecule has 1 heterocycles. The standard InChI is InChI=1S/C13H16FN3/c1-9-12(7-8-15-2)16-17-13(9)10-3-5-11(14)6-4-10/h3-6,15H,7-8H2,1-2H3,(H,16,17). The van der Waals surface area contributed by atoms with Crippen LogP contribution in [-0.2, 0) is 6.42 Å². The molecule has 4 heteroatoms. The first-order valence-corrected chi connectivity index (χ1v) is 5.66. The molecule has 0 fully saturated rings. The number of likely N-dealkylation sites (N-methyl/N-ethyl adjacent to an activating group) is 1. The molecule has 0 spiro atoms. The summed E-state index contributed by atoms with van der Waals surface area (Å²) in [5, 5.41) is 10.4. The molecule has 0 aliphatic heterocycles. The minimum absolute atomic E-state index is 0.225. The Morgan fingerprint density at radius 1 is 1.29 bits per heavy atom. The van der Waals surface area contributed by atoms with Gasteiger partial charge in [0.05, 0.1) is 5.69 Å². The van der Waals surface area contributed by atoms with Gasteiger partial charge in [-0.1, -0.05) is 0 Å². The van der Waals surface area contributed by atoms with E-state index in [2.05, 4.69) is 15.5 Å². The number of nitrogens with one attached hydrogen (secondary N) is 2. The van der Waals surface area contributed by atoms with Gasteiger partial charge in [0.15, 0.2) is 0 Å². The minimum atomic E-state index is -0.225. The average Bonchev–Trinajstić information content (AvgIpc) is 2.69. The Kier molecular flexibility index (Phi) is 3.54. The molecule has 0 saturated heterocycles. The number of hydrogen-bond acceptors (Lipinski definition) is 2. The molecule has 0 radical (unpaired) electrons. The van der Waals surface area contributed by atoms with Crippen LogP contribution in [-0.4, -0.2) is 23.8 Å². The lowest BCUT2D eigenvalue weighted by molar-refractivity contribution is 0.628.